The minimum atomic E-state index is -0.573. The average molecular weight is 775 g/mol. The molecule has 0 bridgehead atoms. The topological polar surface area (TPSA) is 61.8 Å². The number of hydrogen-bond acceptors (Lipinski definition) is 5. The van der Waals surface area contributed by atoms with Crippen LogP contribution in [0.15, 0.2) is 109 Å². The van der Waals surface area contributed by atoms with Crippen LogP contribution in [0.5, 0.6) is 0 Å². The number of carbonyl (C=O) groups excluding carboxylic acids is 2. The van der Waals surface area contributed by atoms with Crippen molar-refractivity contribution in [1.29, 1.82) is 0 Å². The predicted molar refractivity (Wildman–Crippen MR) is 242 cm³/mol. The third kappa shape index (κ3) is 43.3. The van der Waals surface area contributed by atoms with Gasteiger partial charge in [0, 0.05) is 19.4 Å². The molecular weight excluding hydrogens is 693 g/mol. The van der Waals surface area contributed by atoms with Gasteiger partial charge in [-0.15, -0.1) is 0 Å². The SMILES string of the molecule is CC/C=C\C/C=C\C/C=C\C/C=C\C/C=C\CCCCCC(=O)OCC(COCCCCCCCC)OC(=O)CCCC/C=C\C/C=C\C/C=C\C/C=C\CC. The van der Waals surface area contributed by atoms with Crippen molar-refractivity contribution in [2.45, 2.75) is 181 Å². The minimum Gasteiger partial charge on any atom is -0.462 e. The van der Waals surface area contributed by atoms with Crippen molar-refractivity contribution in [3.63, 3.8) is 0 Å². The lowest BCUT2D eigenvalue weighted by atomic mass is 10.1. The standard InChI is InChI=1S/C51H82O5/c1-4-7-10-13-16-18-20-22-24-25-26-27-29-30-32-34-36-38-41-44-50(52)55-48-49(47-54-46-43-40-15-12-9-6-3)56-51(53)45-42-39-37-35-33-31-28-23-21-19-17-14-11-8-5-2/h7-8,10-11,16-19,22-24,26-28,30,32-33,35,49H,4-6,9,12-15,20-21,25,29,31,34,36-48H2,1-3H3/b10-7-,11-8-,18-16-,19-17-,24-22-,27-26-,28-23-,32-30-,35-33-. The maximum atomic E-state index is 12.7. The number of unbranched alkanes of at least 4 members (excludes halogenated alkanes) is 10. The van der Waals surface area contributed by atoms with Gasteiger partial charge in [-0.1, -0.05) is 169 Å². The Morgan fingerprint density at radius 2 is 0.804 bits per heavy atom. The van der Waals surface area contributed by atoms with E-state index in [4.69, 9.17) is 14.2 Å². The third-order valence-corrected chi connectivity index (χ3v) is 8.80. The first-order valence-electron chi connectivity index (χ1n) is 22.4. The molecule has 0 fully saturated rings. The van der Waals surface area contributed by atoms with E-state index in [0.29, 0.717) is 19.4 Å². The molecule has 1 atom stereocenters. The molecule has 316 valence electrons. The first-order chi connectivity index (χ1) is 27.6. The molecule has 0 aromatic heterocycles. The first kappa shape index (κ1) is 52.6. The number of allylic oxidation sites excluding steroid dienone is 18. The third-order valence-electron chi connectivity index (χ3n) is 8.80. The Balaban J connectivity index is 4.28. The molecule has 1 unspecified atom stereocenters. The van der Waals surface area contributed by atoms with Crippen LogP contribution in [0.1, 0.15) is 175 Å². The van der Waals surface area contributed by atoms with Gasteiger partial charge >= 0.3 is 11.9 Å². The van der Waals surface area contributed by atoms with Crippen molar-refractivity contribution < 1.29 is 23.8 Å². The number of hydrogen-bond donors (Lipinski definition) is 0. The fourth-order valence-electron chi connectivity index (χ4n) is 5.52. The quantitative estimate of drug-likeness (QED) is 0.0354. The molecule has 56 heavy (non-hydrogen) atoms. The van der Waals surface area contributed by atoms with Gasteiger partial charge < -0.3 is 14.2 Å². The zero-order valence-corrected chi connectivity index (χ0v) is 36.1. The number of rotatable bonds is 39. The van der Waals surface area contributed by atoms with Crippen molar-refractivity contribution in [3.8, 4) is 0 Å². The molecular formula is C51H82O5. The fraction of sp³-hybridized carbons (Fsp3) is 0.608. The second-order valence-electron chi connectivity index (χ2n) is 14.2. The van der Waals surface area contributed by atoms with Gasteiger partial charge in [-0.05, 0) is 103 Å². The molecule has 0 radical (unpaired) electrons. The summed E-state index contributed by atoms with van der Waals surface area (Å²) in [5, 5.41) is 0. The zero-order chi connectivity index (χ0) is 40.7. The molecule has 0 N–H and O–H groups in total. The molecule has 0 spiro atoms. The lowest BCUT2D eigenvalue weighted by Crippen LogP contribution is -2.30. The zero-order valence-electron chi connectivity index (χ0n) is 36.1. The number of esters is 2. The van der Waals surface area contributed by atoms with Crippen molar-refractivity contribution >= 4 is 11.9 Å². The van der Waals surface area contributed by atoms with Crippen molar-refractivity contribution in [2.75, 3.05) is 19.8 Å². The first-order valence-corrected chi connectivity index (χ1v) is 22.4. The highest BCUT2D eigenvalue weighted by Gasteiger charge is 2.17. The Morgan fingerprint density at radius 3 is 1.30 bits per heavy atom. The molecule has 0 aromatic rings. The van der Waals surface area contributed by atoms with Gasteiger partial charge in [0.25, 0.3) is 0 Å². The average Bonchev–Trinajstić information content (AvgIpc) is 3.20. The van der Waals surface area contributed by atoms with E-state index in [2.05, 4.69) is 130 Å². The lowest BCUT2D eigenvalue weighted by molar-refractivity contribution is -0.163. The van der Waals surface area contributed by atoms with E-state index in [1.54, 1.807) is 0 Å². The minimum absolute atomic E-state index is 0.0447. The molecule has 0 aromatic carbocycles. The van der Waals surface area contributed by atoms with E-state index in [1.165, 1.54) is 25.7 Å². The van der Waals surface area contributed by atoms with E-state index in [-0.39, 0.29) is 25.2 Å². The van der Waals surface area contributed by atoms with Gasteiger partial charge in [0.1, 0.15) is 6.61 Å². The van der Waals surface area contributed by atoms with Crippen LogP contribution in [0.25, 0.3) is 0 Å². The van der Waals surface area contributed by atoms with Gasteiger partial charge in [0.2, 0.25) is 0 Å². The summed E-state index contributed by atoms with van der Waals surface area (Å²) in [6.07, 6.45) is 62.4. The Morgan fingerprint density at radius 1 is 0.411 bits per heavy atom. The summed E-state index contributed by atoms with van der Waals surface area (Å²) in [4.78, 5) is 25.2. The number of carbonyl (C=O) groups is 2. The van der Waals surface area contributed by atoms with Gasteiger partial charge in [-0.3, -0.25) is 9.59 Å². The lowest BCUT2D eigenvalue weighted by Gasteiger charge is -2.18. The molecule has 0 aliphatic heterocycles. The van der Waals surface area contributed by atoms with Gasteiger partial charge in [0.15, 0.2) is 6.10 Å². The summed E-state index contributed by atoms with van der Waals surface area (Å²) >= 11 is 0. The Labute approximate surface area is 344 Å². The van der Waals surface area contributed by atoms with E-state index in [1.807, 2.05) is 0 Å². The molecule has 0 saturated heterocycles. The van der Waals surface area contributed by atoms with E-state index in [9.17, 15) is 9.59 Å². The second kappa shape index (κ2) is 45.9. The Hall–Kier alpha value is -3.44. The predicted octanol–water partition coefficient (Wildman–Crippen LogP) is 14.9. The van der Waals surface area contributed by atoms with Crippen LogP contribution in [0, 0.1) is 0 Å². The van der Waals surface area contributed by atoms with Crippen LogP contribution in [0.2, 0.25) is 0 Å². The molecule has 0 saturated carbocycles. The van der Waals surface area contributed by atoms with E-state index < -0.39 is 6.10 Å². The molecule has 0 aliphatic rings. The van der Waals surface area contributed by atoms with Crippen molar-refractivity contribution in [2.24, 2.45) is 0 Å². The summed E-state index contributed by atoms with van der Waals surface area (Å²) in [5.41, 5.74) is 0. The second-order valence-corrected chi connectivity index (χ2v) is 14.2. The summed E-state index contributed by atoms with van der Waals surface area (Å²) in [5.74, 6) is -0.496. The Bertz CT molecular complexity index is 1150. The van der Waals surface area contributed by atoms with Crippen LogP contribution in [-0.2, 0) is 23.8 Å². The van der Waals surface area contributed by atoms with Crippen LogP contribution < -0.4 is 0 Å². The van der Waals surface area contributed by atoms with Crippen molar-refractivity contribution in [1.82, 2.24) is 0 Å². The molecule has 5 nitrogen and oxygen atoms in total. The van der Waals surface area contributed by atoms with E-state index in [0.717, 1.165) is 116 Å². The highest BCUT2D eigenvalue weighted by atomic mass is 16.6. The molecule has 5 heteroatoms. The van der Waals surface area contributed by atoms with Crippen LogP contribution in [-0.4, -0.2) is 37.9 Å². The van der Waals surface area contributed by atoms with Gasteiger partial charge in [-0.25, -0.2) is 0 Å². The summed E-state index contributed by atoms with van der Waals surface area (Å²) < 4.78 is 17.1. The highest BCUT2D eigenvalue weighted by Crippen LogP contribution is 2.10. The highest BCUT2D eigenvalue weighted by molar-refractivity contribution is 5.70. The van der Waals surface area contributed by atoms with Crippen molar-refractivity contribution in [3.05, 3.63) is 109 Å². The van der Waals surface area contributed by atoms with Crippen LogP contribution in [0.3, 0.4) is 0 Å². The molecule has 0 rings (SSSR count). The normalized spacial score (nSPS) is 13.3. The summed E-state index contributed by atoms with van der Waals surface area (Å²) in [6, 6.07) is 0. The number of ether oxygens (including phenoxy) is 3. The maximum Gasteiger partial charge on any atom is 0.306 e. The fourth-order valence-corrected chi connectivity index (χ4v) is 5.52. The summed E-state index contributed by atoms with van der Waals surface area (Å²) in [7, 11) is 0. The van der Waals surface area contributed by atoms with E-state index >= 15 is 0 Å². The summed E-state index contributed by atoms with van der Waals surface area (Å²) in [6.45, 7) is 7.45. The van der Waals surface area contributed by atoms with Gasteiger partial charge in [0.05, 0.1) is 6.61 Å². The maximum absolute atomic E-state index is 12.7. The molecule has 0 heterocycles. The van der Waals surface area contributed by atoms with Crippen LogP contribution in [0.4, 0.5) is 0 Å². The van der Waals surface area contributed by atoms with Crippen LogP contribution >= 0.6 is 0 Å². The monoisotopic (exact) mass is 775 g/mol. The van der Waals surface area contributed by atoms with Gasteiger partial charge in [-0.2, -0.15) is 0 Å². The largest absolute Gasteiger partial charge is 0.462 e. The molecule has 0 aliphatic carbocycles. The molecule has 0 amide bonds. The Kier molecular flexibility index (Phi) is 43.1. The smallest absolute Gasteiger partial charge is 0.306 e.